The lowest BCUT2D eigenvalue weighted by Crippen LogP contribution is -2.35. The van der Waals surface area contributed by atoms with E-state index in [0.717, 1.165) is 40.1 Å². The average Bonchev–Trinajstić information content (AvgIpc) is 3.12. The summed E-state index contributed by atoms with van der Waals surface area (Å²) < 4.78 is 13.4. The van der Waals surface area contributed by atoms with E-state index in [1.54, 1.807) is 11.3 Å². The summed E-state index contributed by atoms with van der Waals surface area (Å²) in [6.07, 6.45) is 3.57. The van der Waals surface area contributed by atoms with Crippen molar-refractivity contribution in [2.45, 2.75) is 46.1 Å². The van der Waals surface area contributed by atoms with Crippen molar-refractivity contribution in [2.75, 3.05) is 11.4 Å². The molecule has 2 aromatic heterocycles. The van der Waals surface area contributed by atoms with Gasteiger partial charge in [0.15, 0.2) is 0 Å². The molecule has 6 heteroatoms. The predicted molar refractivity (Wildman–Crippen MR) is 115 cm³/mol. The summed E-state index contributed by atoms with van der Waals surface area (Å²) in [4.78, 5) is 12.5. The maximum Gasteiger partial charge on any atom is 0.225 e. The van der Waals surface area contributed by atoms with Gasteiger partial charge in [0.25, 0.3) is 0 Å². The van der Waals surface area contributed by atoms with Crippen LogP contribution in [0.15, 0.2) is 29.6 Å². The average molecular weight is 416 g/mol. The normalized spacial score (nSPS) is 26.2. The Morgan fingerprint density at radius 1 is 1.14 bits per heavy atom. The van der Waals surface area contributed by atoms with Gasteiger partial charge in [0.1, 0.15) is 16.5 Å². The highest BCUT2D eigenvalue weighted by Crippen LogP contribution is 2.54. The third-order valence-electron chi connectivity index (χ3n) is 6.23. The van der Waals surface area contributed by atoms with E-state index < -0.39 is 0 Å². The summed E-state index contributed by atoms with van der Waals surface area (Å²) in [6, 6.07) is 7.11. The van der Waals surface area contributed by atoms with Crippen LogP contribution in [-0.2, 0) is 0 Å². The van der Waals surface area contributed by atoms with Gasteiger partial charge in [0.2, 0.25) is 5.28 Å². The fourth-order valence-electron chi connectivity index (χ4n) is 5.66. The Labute approximate surface area is 173 Å². The van der Waals surface area contributed by atoms with Crippen molar-refractivity contribution in [3.63, 3.8) is 0 Å². The van der Waals surface area contributed by atoms with Crippen LogP contribution in [0, 0.1) is 16.6 Å². The monoisotopic (exact) mass is 415 g/mol. The highest BCUT2D eigenvalue weighted by atomic mass is 35.5. The van der Waals surface area contributed by atoms with Gasteiger partial charge in [-0.25, -0.2) is 9.37 Å². The van der Waals surface area contributed by atoms with E-state index in [2.05, 4.69) is 36.0 Å². The van der Waals surface area contributed by atoms with Gasteiger partial charge in [0, 0.05) is 23.5 Å². The summed E-state index contributed by atoms with van der Waals surface area (Å²) >= 11 is 7.89. The summed E-state index contributed by atoms with van der Waals surface area (Å²) in [5.41, 5.74) is 2.66. The second kappa shape index (κ2) is 6.14. The fraction of sp³-hybridized carbons (Fsp3) is 0.455. The molecule has 1 aliphatic carbocycles. The van der Waals surface area contributed by atoms with Crippen LogP contribution in [-0.4, -0.2) is 22.6 Å². The molecule has 146 valence electrons. The van der Waals surface area contributed by atoms with Crippen LogP contribution in [0.2, 0.25) is 5.28 Å². The largest absolute Gasteiger partial charge is 0.352 e. The Kier molecular flexibility index (Phi) is 4.01. The van der Waals surface area contributed by atoms with Gasteiger partial charge in [-0.3, -0.25) is 0 Å². The molecule has 1 aromatic carbocycles. The molecular weight excluding hydrogens is 393 g/mol. The molecule has 28 heavy (non-hydrogen) atoms. The second-order valence-corrected chi connectivity index (χ2v) is 10.7. The van der Waals surface area contributed by atoms with E-state index in [0.29, 0.717) is 22.2 Å². The molecule has 2 bridgehead atoms. The Bertz CT molecular complexity index is 1060. The molecule has 0 N–H and O–H groups in total. The highest BCUT2D eigenvalue weighted by Gasteiger charge is 2.50. The van der Waals surface area contributed by atoms with Crippen molar-refractivity contribution >= 4 is 39.0 Å². The van der Waals surface area contributed by atoms with Gasteiger partial charge < -0.3 is 4.90 Å². The zero-order valence-electron chi connectivity index (χ0n) is 16.3. The summed E-state index contributed by atoms with van der Waals surface area (Å²) in [5, 5.41) is 3.41. The third-order valence-corrected chi connectivity index (χ3v) is 7.27. The van der Waals surface area contributed by atoms with E-state index in [1.807, 2.05) is 12.1 Å². The fourth-order valence-corrected chi connectivity index (χ4v) is 6.81. The molecule has 0 spiro atoms. The minimum atomic E-state index is -0.230. The van der Waals surface area contributed by atoms with Crippen LogP contribution in [0.1, 0.15) is 40.0 Å². The molecule has 1 saturated heterocycles. The van der Waals surface area contributed by atoms with Crippen LogP contribution in [0.25, 0.3) is 21.3 Å². The van der Waals surface area contributed by atoms with Crippen LogP contribution in [0.5, 0.6) is 0 Å². The zero-order chi connectivity index (χ0) is 19.7. The number of thiophene rings is 1. The molecule has 3 aromatic rings. The van der Waals surface area contributed by atoms with E-state index in [9.17, 15) is 4.39 Å². The second-order valence-electron chi connectivity index (χ2n) is 9.49. The van der Waals surface area contributed by atoms with E-state index in [4.69, 9.17) is 16.6 Å². The van der Waals surface area contributed by atoms with Crippen molar-refractivity contribution in [3.8, 4) is 11.1 Å². The quantitative estimate of drug-likeness (QED) is 0.444. The number of hydrogen-bond acceptors (Lipinski definition) is 4. The topological polar surface area (TPSA) is 29.0 Å². The molecule has 5 rings (SSSR count). The Balaban J connectivity index is 1.67. The number of benzene rings is 1. The first kappa shape index (κ1) is 18.3. The lowest BCUT2D eigenvalue weighted by atomic mass is 9.65. The Morgan fingerprint density at radius 2 is 1.89 bits per heavy atom. The number of hydrogen-bond donors (Lipinski definition) is 0. The van der Waals surface area contributed by atoms with Crippen LogP contribution >= 0.6 is 22.9 Å². The lowest BCUT2D eigenvalue weighted by molar-refractivity contribution is 0.136. The van der Waals surface area contributed by atoms with E-state index in [1.165, 1.54) is 25.0 Å². The van der Waals surface area contributed by atoms with Gasteiger partial charge in [-0.15, -0.1) is 11.3 Å². The van der Waals surface area contributed by atoms with Crippen molar-refractivity contribution in [1.29, 1.82) is 0 Å². The van der Waals surface area contributed by atoms with Gasteiger partial charge >= 0.3 is 0 Å². The molecule has 0 amide bonds. The van der Waals surface area contributed by atoms with Crippen LogP contribution in [0.3, 0.4) is 0 Å². The number of nitrogens with zero attached hydrogens (tertiary/aromatic N) is 3. The molecule has 3 nitrogen and oxygen atoms in total. The molecule has 2 aliphatic rings. The van der Waals surface area contributed by atoms with Crippen LogP contribution < -0.4 is 4.90 Å². The van der Waals surface area contributed by atoms with Gasteiger partial charge in [-0.05, 0) is 59.4 Å². The maximum absolute atomic E-state index is 13.4. The van der Waals surface area contributed by atoms with Crippen LogP contribution in [0.4, 0.5) is 10.2 Å². The number of rotatable bonds is 2. The highest BCUT2D eigenvalue weighted by molar-refractivity contribution is 7.17. The molecule has 2 atom stereocenters. The first-order valence-corrected chi connectivity index (χ1v) is 11.0. The Morgan fingerprint density at radius 3 is 2.64 bits per heavy atom. The summed E-state index contributed by atoms with van der Waals surface area (Å²) in [6.45, 7) is 8.13. The Hall–Kier alpha value is -1.72. The standard InChI is InChI=1S/C22H23ClFN3S/c1-21(2)8-15-9-22(3,11-21)12-27(15)18-17-16(13-4-6-14(24)7-5-13)10-28-19(17)26-20(23)25-18/h4-7,10,15H,8-9,11-12H2,1-3H3. The summed E-state index contributed by atoms with van der Waals surface area (Å²) in [7, 11) is 0. The van der Waals surface area contributed by atoms with Crippen molar-refractivity contribution in [1.82, 2.24) is 9.97 Å². The molecular formula is C22H23ClFN3S. The molecule has 1 aliphatic heterocycles. The molecule has 1 saturated carbocycles. The molecule has 0 radical (unpaired) electrons. The van der Waals surface area contributed by atoms with Crippen molar-refractivity contribution < 1.29 is 4.39 Å². The third kappa shape index (κ3) is 3.00. The number of halogens is 2. The lowest BCUT2D eigenvalue weighted by Gasteiger charge is -2.39. The molecule has 2 fully saturated rings. The molecule has 3 heterocycles. The van der Waals surface area contributed by atoms with Gasteiger partial charge in [-0.2, -0.15) is 4.98 Å². The van der Waals surface area contributed by atoms with Gasteiger partial charge in [-0.1, -0.05) is 32.9 Å². The smallest absolute Gasteiger partial charge is 0.225 e. The zero-order valence-corrected chi connectivity index (χ0v) is 17.9. The van der Waals surface area contributed by atoms with Crippen molar-refractivity contribution in [2.24, 2.45) is 10.8 Å². The maximum atomic E-state index is 13.4. The van der Waals surface area contributed by atoms with Gasteiger partial charge in [0.05, 0.1) is 5.39 Å². The first-order valence-electron chi connectivity index (χ1n) is 9.70. The number of fused-ring (bicyclic) bond motifs is 3. The molecule has 2 unspecified atom stereocenters. The first-order chi connectivity index (χ1) is 13.2. The minimum absolute atomic E-state index is 0.230. The predicted octanol–water partition coefficient (Wildman–Crippen LogP) is 6.56. The van der Waals surface area contributed by atoms with E-state index in [-0.39, 0.29) is 5.82 Å². The minimum Gasteiger partial charge on any atom is -0.352 e. The SMILES string of the molecule is CC1(C)CC2CC(C)(CN2c2nc(Cl)nc3scc(-c4ccc(F)cc4)c23)C1. The summed E-state index contributed by atoms with van der Waals surface area (Å²) in [5.74, 6) is 0.702. The number of aromatic nitrogens is 2. The number of anilines is 1. The van der Waals surface area contributed by atoms with Crippen molar-refractivity contribution in [3.05, 3.63) is 40.7 Å². The van der Waals surface area contributed by atoms with E-state index >= 15 is 0 Å².